The first-order valence-electron chi connectivity index (χ1n) is 4.78. The molecular formula is C13H9BrFO. The monoisotopic (exact) mass is 279 g/mol. The van der Waals surface area contributed by atoms with Crippen molar-refractivity contribution in [3.63, 3.8) is 0 Å². The van der Waals surface area contributed by atoms with Crippen LogP contribution >= 0.6 is 15.9 Å². The Morgan fingerprint density at radius 3 is 2.75 bits per heavy atom. The highest BCUT2D eigenvalue weighted by Gasteiger charge is 2.05. The Hall–Kier alpha value is -1.35. The SMILES string of the molecule is Fc1cc(CBr)ccc1Oc1[c]cccc1. The summed E-state index contributed by atoms with van der Waals surface area (Å²) >= 11 is 3.27. The van der Waals surface area contributed by atoms with Gasteiger partial charge in [-0.3, -0.25) is 0 Å². The minimum atomic E-state index is -0.366. The number of benzene rings is 2. The summed E-state index contributed by atoms with van der Waals surface area (Å²) < 4.78 is 18.9. The molecule has 0 heterocycles. The van der Waals surface area contributed by atoms with Crippen LogP contribution in [0.25, 0.3) is 0 Å². The van der Waals surface area contributed by atoms with Gasteiger partial charge in [0, 0.05) is 11.4 Å². The van der Waals surface area contributed by atoms with E-state index in [1.807, 2.05) is 18.2 Å². The molecule has 0 atom stereocenters. The number of alkyl halides is 1. The largest absolute Gasteiger partial charge is 0.454 e. The third-order valence-electron chi connectivity index (χ3n) is 2.05. The lowest BCUT2D eigenvalue weighted by Gasteiger charge is -2.06. The summed E-state index contributed by atoms with van der Waals surface area (Å²) in [4.78, 5) is 0. The third-order valence-corrected chi connectivity index (χ3v) is 2.70. The van der Waals surface area contributed by atoms with Crippen molar-refractivity contribution in [1.29, 1.82) is 0 Å². The fourth-order valence-electron chi connectivity index (χ4n) is 1.27. The van der Waals surface area contributed by atoms with Gasteiger partial charge in [-0.15, -0.1) is 0 Å². The number of hydrogen-bond acceptors (Lipinski definition) is 1. The van der Waals surface area contributed by atoms with E-state index in [1.54, 1.807) is 18.2 Å². The van der Waals surface area contributed by atoms with Crippen LogP contribution in [-0.4, -0.2) is 0 Å². The fraction of sp³-hybridized carbons (Fsp3) is 0.0769. The molecule has 0 aliphatic rings. The van der Waals surface area contributed by atoms with Crippen LogP contribution in [0, 0.1) is 11.9 Å². The van der Waals surface area contributed by atoms with E-state index in [2.05, 4.69) is 22.0 Å². The summed E-state index contributed by atoms with van der Waals surface area (Å²) in [6.45, 7) is 0. The number of ether oxygens (including phenoxy) is 1. The Morgan fingerprint density at radius 2 is 2.12 bits per heavy atom. The lowest BCUT2D eigenvalue weighted by atomic mass is 10.2. The molecule has 0 amide bonds. The molecule has 1 nitrogen and oxygen atoms in total. The van der Waals surface area contributed by atoms with Crippen molar-refractivity contribution in [2.45, 2.75) is 5.33 Å². The Kier molecular flexibility index (Phi) is 3.57. The molecule has 0 saturated heterocycles. The van der Waals surface area contributed by atoms with Crippen LogP contribution < -0.4 is 4.74 Å². The van der Waals surface area contributed by atoms with E-state index in [0.29, 0.717) is 11.1 Å². The summed E-state index contributed by atoms with van der Waals surface area (Å²) in [5.41, 5.74) is 0.877. The lowest BCUT2D eigenvalue weighted by molar-refractivity contribution is 0.441. The van der Waals surface area contributed by atoms with Crippen LogP contribution in [0.1, 0.15) is 5.56 Å². The van der Waals surface area contributed by atoms with Gasteiger partial charge in [0.15, 0.2) is 11.6 Å². The van der Waals surface area contributed by atoms with E-state index in [0.717, 1.165) is 5.56 Å². The van der Waals surface area contributed by atoms with Gasteiger partial charge < -0.3 is 4.74 Å². The van der Waals surface area contributed by atoms with Gasteiger partial charge >= 0.3 is 0 Å². The topological polar surface area (TPSA) is 9.23 Å². The second-order valence-corrected chi connectivity index (χ2v) is 3.79. The van der Waals surface area contributed by atoms with Gasteiger partial charge in [0.05, 0.1) is 0 Å². The molecule has 0 fully saturated rings. The van der Waals surface area contributed by atoms with Crippen molar-refractivity contribution >= 4 is 15.9 Å². The van der Waals surface area contributed by atoms with Crippen molar-refractivity contribution in [2.24, 2.45) is 0 Å². The van der Waals surface area contributed by atoms with Gasteiger partial charge in [-0.25, -0.2) is 4.39 Å². The van der Waals surface area contributed by atoms with E-state index in [9.17, 15) is 4.39 Å². The van der Waals surface area contributed by atoms with E-state index in [4.69, 9.17) is 4.74 Å². The van der Waals surface area contributed by atoms with Crippen molar-refractivity contribution in [1.82, 2.24) is 0 Å². The Labute approximate surface area is 102 Å². The van der Waals surface area contributed by atoms with Crippen molar-refractivity contribution in [3.8, 4) is 11.5 Å². The lowest BCUT2D eigenvalue weighted by Crippen LogP contribution is -1.89. The number of rotatable bonds is 3. The summed E-state index contributed by atoms with van der Waals surface area (Å²) in [7, 11) is 0. The molecule has 2 rings (SSSR count). The zero-order valence-electron chi connectivity index (χ0n) is 8.41. The zero-order chi connectivity index (χ0) is 11.4. The van der Waals surface area contributed by atoms with Gasteiger partial charge in [0.1, 0.15) is 5.75 Å². The summed E-state index contributed by atoms with van der Waals surface area (Å²) in [6, 6.07) is 14.9. The molecule has 81 valence electrons. The Morgan fingerprint density at radius 1 is 1.25 bits per heavy atom. The van der Waals surface area contributed by atoms with Crippen molar-refractivity contribution < 1.29 is 9.13 Å². The van der Waals surface area contributed by atoms with Crippen LogP contribution in [0.5, 0.6) is 11.5 Å². The summed E-state index contributed by atoms with van der Waals surface area (Å²) in [6.07, 6.45) is 0. The predicted molar refractivity (Wildman–Crippen MR) is 64.4 cm³/mol. The molecule has 0 aliphatic carbocycles. The molecule has 3 heteroatoms. The molecule has 0 aliphatic heterocycles. The molecule has 0 bridgehead atoms. The normalized spacial score (nSPS) is 10.1. The average molecular weight is 280 g/mol. The van der Waals surface area contributed by atoms with Gasteiger partial charge in [-0.05, 0) is 23.8 Å². The highest BCUT2D eigenvalue weighted by molar-refractivity contribution is 9.08. The summed E-state index contributed by atoms with van der Waals surface area (Å²) in [5.74, 6) is 0.356. The van der Waals surface area contributed by atoms with Crippen LogP contribution in [0.15, 0.2) is 42.5 Å². The van der Waals surface area contributed by atoms with Crippen molar-refractivity contribution in [2.75, 3.05) is 0 Å². The van der Waals surface area contributed by atoms with Crippen LogP contribution in [0.3, 0.4) is 0 Å². The first kappa shape index (κ1) is 11.1. The standard InChI is InChI=1S/C13H9BrFO/c14-9-10-6-7-13(12(15)8-10)16-11-4-2-1-3-5-11/h1-4,6-8H,9H2. The average Bonchev–Trinajstić information content (AvgIpc) is 2.33. The third kappa shape index (κ3) is 2.61. The minimum Gasteiger partial charge on any atom is -0.454 e. The first-order valence-corrected chi connectivity index (χ1v) is 5.90. The number of hydrogen-bond donors (Lipinski definition) is 0. The molecule has 1 radical (unpaired) electrons. The molecule has 0 spiro atoms. The highest BCUT2D eigenvalue weighted by atomic mass is 79.9. The van der Waals surface area contributed by atoms with Crippen molar-refractivity contribution in [3.05, 3.63) is 59.9 Å². The van der Waals surface area contributed by atoms with Crippen LogP contribution in [-0.2, 0) is 5.33 Å². The highest BCUT2D eigenvalue weighted by Crippen LogP contribution is 2.25. The Balaban J connectivity index is 2.22. The predicted octanol–water partition coefficient (Wildman–Crippen LogP) is 4.31. The molecule has 2 aromatic carbocycles. The van der Waals surface area contributed by atoms with Gasteiger partial charge in [-0.2, -0.15) is 0 Å². The van der Waals surface area contributed by atoms with Crippen LogP contribution in [0.4, 0.5) is 4.39 Å². The molecule has 2 aromatic rings. The maximum absolute atomic E-state index is 13.6. The Bertz CT molecular complexity index is 471. The van der Waals surface area contributed by atoms with Gasteiger partial charge in [-0.1, -0.05) is 40.2 Å². The fourth-order valence-corrected chi connectivity index (χ4v) is 1.62. The van der Waals surface area contributed by atoms with E-state index in [1.165, 1.54) is 6.07 Å². The summed E-state index contributed by atoms with van der Waals surface area (Å²) in [5, 5.41) is 0.627. The van der Waals surface area contributed by atoms with Crippen LogP contribution in [0.2, 0.25) is 0 Å². The van der Waals surface area contributed by atoms with E-state index in [-0.39, 0.29) is 11.6 Å². The first-order chi connectivity index (χ1) is 7.79. The second kappa shape index (κ2) is 5.12. The number of halogens is 2. The maximum Gasteiger partial charge on any atom is 0.166 e. The molecule has 0 N–H and O–H groups in total. The molecular weight excluding hydrogens is 271 g/mol. The maximum atomic E-state index is 13.6. The molecule has 0 saturated carbocycles. The minimum absolute atomic E-state index is 0.215. The second-order valence-electron chi connectivity index (χ2n) is 3.23. The molecule has 16 heavy (non-hydrogen) atoms. The van der Waals surface area contributed by atoms with Gasteiger partial charge in [0.25, 0.3) is 0 Å². The molecule has 0 unspecified atom stereocenters. The van der Waals surface area contributed by atoms with E-state index >= 15 is 0 Å². The smallest absolute Gasteiger partial charge is 0.166 e. The molecule has 0 aromatic heterocycles. The number of para-hydroxylation sites is 1. The quantitative estimate of drug-likeness (QED) is 0.761. The van der Waals surface area contributed by atoms with E-state index < -0.39 is 0 Å². The zero-order valence-corrected chi connectivity index (χ0v) is 10.00. The van der Waals surface area contributed by atoms with Gasteiger partial charge in [0.2, 0.25) is 0 Å².